The van der Waals surface area contributed by atoms with E-state index in [1.165, 1.54) is 17.7 Å². The van der Waals surface area contributed by atoms with Crippen molar-refractivity contribution in [2.45, 2.75) is 25.4 Å². The number of nitrogens with zero attached hydrogens (tertiary/aromatic N) is 3. The molecule has 0 radical (unpaired) electrons. The topological polar surface area (TPSA) is 57.7 Å². The summed E-state index contributed by atoms with van der Waals surface area (Å²) in [6.45, 7) is 3.77. The van der Waals surface area contributed by atoms with Crippen LogP contribution in [0.2, 0.25) is 0 Å². The van der Waals surface area contributed by atoms with E-state index < -0.39 is 0 Å². The number of rotatable bonds is 7. The van der Waals surface area contributed by atoms with Crippen LogP contribution < -0.4 is 15.0 Å². The molecule has 0 saturated carbocycles. The number of benzene rings is 2. The number of hydrogen-bond donors (Lipinski definition) is 1. The summed E-state index contributed by atoms with van der Waals surface area (Å²) in [6, 6.07) is 18.7. The van der Waals surface area contributed by atoms with E-state index in [-0.39, 0.29) is 23.7 Å². The van der Waals surface area contributed by atoms with Gasteiger partial charge in [-0.1, -0.05) is 24.3 Å². The van der Waals surface area contributed by atoms with Crippen molar-refractivity contribution in [3.8, 4) is 5.75 Å². The molecule has 5 rings (SSSR count). The lowest BCUT2D eigenvalue weighted by molar-refractivity contribution is -0.126. The molecule has 2 aromatic carbocycles. The number of piperazine rings is 1. The van der Waals surface area contributed by atoms with Gasteiger partial charge in [-0.25, -0.2) is 4.39 Å². The van der Waals surface area contributed by atoms with Crippen LogP contribution in [-0.2, 0) is 24.2 Å². The number of amides is 1. The van der Waals surface area contributed by atoms with E-state index in [0.717, 1.165) is 48.9 Å². The van der Waals surface area contributed by atoms with E-state index in [1.54, 1.807) is 13.3 Å². The minimum atomic E-state index is -0.223. The van der Waals surface area contributed by atoms with Gasteiger partial charge in [0.1, 0.15) is 11.6 Å². The SMILES string of the molecule is COc1ccc2c(c1)N1CCN(Cc3ccc(F)cc3)C[C@H]1[C@H](C(=O)NCCc1ccccn1)C2. The maximum atomic E-state index is 13.4. The number of carbonyl (C=O) groups is 1. The van der Waals surface area contributed by atoms with Crippen molar-refractivity contribution in [1.82, 2.24) is 15.2 Å². The molecular formula is C28H31FN4O2. The molecule has 2 atom stereocenters. The van der Waals surface area contributed by atoms with E-state index in [1.807, 2.05) is 36.4 Å². The van der Waals surface area contributed by atoms with Gasteiger partial charge < -0.3 is 15.0 Å². The predicted molar refractivity (Wildman–Crippen MR) is 134 cm³/mol. The zero-order valence-corrected chi connectivity index (χ0v) is 20.0. The molecular weight excluding hydrogens is 443 g/mol. The third kappa shape index (κ3) is 5.30. The standard InChI is InChI=1S/C28H31FN4O2/c1-35-24-10-7-21-16-25(28(34)31-13-11-23-4-2-3-12-30-23)27-19-32(14-15-33(27)26(21)17-24)18-20-5-8-22(29)9-6-20/h2-10,12,17,25,27H,11,13-16,18-19H2,1H3,(H,31,34)/t25-,27+/m1/s1. The van der Waals surface area contributed by atoms with Crippen molar-refractivity contribution in [3.63, 3.8) is 0 Å². The van der Waals surface area contributed by atoms with E-state index in [9.17, 15) is 9.18 Å². The largest absolute Gasteiger partial charge is 0.497 e. The first-order valence-corrected chi connectivity index (χ1v) is 12.2. The maximum absolute atomic E-state index is 13.4. The van der Waals surface area contributed by atoms with Gasteiger partial charge in [0.2, 0.25) is 5.91 Å². The minimum Gasteiger partial charge on any atom is -0.497 e. The Morgan fingerprint density at radius 3 is 2.77 bits per heavy atom. The molecule has 0 bridgehead atoms. The second-order valence-corrected chi connectivity index (χ2v) is 9.29. The smallest absolute Gasteiger partial charge is 0.225 e. The van der Waals surface area contributed by atoms with E-state index in [4.69, 9.17) is 4.74 Å². The summed E-state index contributed by atoms with van der Waals surface area (Å²) in [5.41, 5.74) is 4.39. The van der Waals surface area contributed by atoms with Gasteiger partial charge in [0.05, 0.1) is 19.1 Å². The Morgan fingerprint density at radius 1 is 1.14 bits per heavy atom. The third-order valence-corrected chi connectivity index (χ3v) is 7.07. The molecule has 1 N–H and O–H groups in total. The molecule has 6 nitrogen and oxygen atoms in total. The first-order valence-electron chi connectivity index (χ1n) is 12.2. The van der Waals surface area contributed by atoms with Crippen molar-refractivity contribution >= 4 is 11.6 Å². The van der Waals surface area contributed by atoms with Gasteiger partial charge in [-0.3, -0.25) is 14.7 Å². The molecule has 1 amide bonds. The average Bonchev–Trinajstić information content (AvgIpc) is 2.89. The van der Waals surface area contributed by atoms with Crippen molar-refractivity contribution in [2.24, 2.45) is 5.92 Å². The number of aromatic nitrogens is 1. The Labute approximate surface area is 205 Å². The summed E-state index contributed by atoms with van der Waals surface area (Å²) < 4.78 is 18.8. The molecule has 3 aromatic rings. The van der Waals surface area contributed by atoms with E-state index >= 15 is 0 Å². The Kier molecular flexibility index (Phi) is 6.95. The highest BCUT2D eigenvalue weighted by Gasteiger charge is 2.41. The number of fused-ring (bicyclic) bond motifs is 3. The molecule has 2 aliphatic heterocycles. The Balaban J connectivity index is 1.33. The number of halogens is 1. The number of pyridine rings is 1. The van der Waals surface area contributed by atoms with Gasteiger partial charge in [-0.05, 0) is 47.9 Å². The maximum Gasteiger partial charge on any atom is 0.225 e. The van der Waals surface area contributed by atoms with Gasteiger partial charge in [-0.2, -0.15) is 0 Å². The van der Waals surface area contributed by atoms with Crippen LogP contribution in [0, 0.1) is 11.7 Å². The highest BCUT2D eigenvalue weighted by Crippen LogP contribution is 2.38. The van der Waals surface area contributed by atoms with E-state index in [2.05, 4.69) is 32.2 Å². The monoisotopic (exact) mass is 474 g/mol. The number of nitrogens with one attached hydrogen (secondary N) is 1. The second kappa shape index (κ2) is 10.4. The van der Waals surface area contributed by atoms with Gasteiger partial charge in [0.15, 0.2) is 0 Å². The number of ether oxygens (including phenoxy) is 1. The molecule has 35 heavy (non-hydrogen) atoms. The normalized spacial score (nSPS) is 19.5. The molecule has 2 aliphatic rings. The first-order chi connectivity index (χ1) is 17.1. The predicted octanol–water partition coefficient (Wildman–Crippen LogP) is 3.45. The summed E-state index contributed by atoms with van der Waals surface area (Å²) in [5.74, 6) is 0.532. The quantitative estimate of drug-likeness (QED) is 0.569. The van der Waals surface area contributed by atoms with E-state index in [0.29, 0.717) is 19.4 Å². The molecule has 7 heteroatoms. The fourth-order valence-corrected chi connectivity index (χ4v) is 5.25. The molecule has 0 unspecified atom stereocenters. The fourth-order valence-electron chi connectivity index (χ4n) is 5.25. The van der Waals surface area contributed by atoms with Crippen LogP contribution in [0.1, 0.15) is 16.8 Å². The van der Waals surface area contributed by atoms with Crippen LogP contribution in [0.25, 0.3) is 0 Å². The lowest BCUT2D eigenvalue weighted by atomic mass is 9.83. The fraction of sp³-hybridized carbons (Fsp3) is 0.357. The van der Waals surface area contributed by atoms with Crippen molar-refractivity contribution in [1.29, 1.82) is 0 Å². The molecule has 1 saturated heterocycles. The first kappa shape index (κ1) is 23.3. The summed E-state index contributed by atoms with van der Waals surface area (Å²) in [7, 11) is 1.68. The Hall–Kier alpha value is -3.45. The van der Waals surface area contributed by atoms with Crippen LogP contribution in [0.4, 0.5) is 10.1 Å². The average molecular weight is 475 g/mol. The van der Waals surface area contributed by atoms with Gasteiger partial charge >= 0.3 is 0 Å². The lowest BCUT2D eigenvalue weighted by Crippen LogP contribution is -2.61. The molecule has 182 valence electrons. The minimum absolute atomic E-state index is 0.0543. The van der Waals surface area contributed by atoms with Crippen molar-refractivity contribution in [3.05, 3.63) is 89.5 Å². The lowest BCUT2D eigenvalue weighted by Gasteiger charge is -2.49. The molecule has 1 fully saturated rings. The highest BCUT2D eigenvalue weighted by molar-refractivity contribution is 5.82. The number of carbonyl (C=O) groups excluding carboxylic acids is 1. The van der Waals surface area contributed by atoms with Crippen LogP contribution in [-0.4, -0.2) is 55.1 Å². The third-order valence-electron chi connectivity index (χ3n) is 7.07. The molecule has 3 heterocycles. The van der Waals surface area contributed by atoms with Crippen LogP contribution in [0.5, 0.6) is 5.75 Å². The van der Waals surface area contributed by atoms with Crippen LogP contribution >= 0.6 is 0 Å². The highest BCUT2D eigenvalue weighted by atomic mass is 19.1. The van der Waals surface area contributed by atoms with Crippen LogP contribution in [0.3, 0.4) is 0 Å². The molecule has 0 spiro atoms. The number of anilines is 1. The number of methoxy groups -OCH3 is 1. The van der Waals surface area contributed by atoms with Crippen molar-refractivity contribution in [2.75, 3.05) is 38.2 Å². The second-order valence-electron chi connectivity index (χ2n) is 9.29. The Morgan fingerprint density at radius 2 is 2.00 bits per heavy atom. The summed E-state index contributed by atoms with van der Waals surface area (Å²) >= 11 is 0. The van der Waals surface area contributed by atoms with Crippen molar-refractivity contribution < 1.29 is 13.9 Å². The summed E-state index contributed by atoms with van der Waals surface area (Å²) in [5, 5.41) is 3.17. The molecule has 0 aliphatic carbocycles. The molecule has 1 aromatic heterocycles. The van der Waals surface area contributed by atoms with Crippen LogP contribution in [0.15, 0.2) is 66.9 Å². The summed E-state index contributed by atoms with van der Waals surface area (Å²) in [6.07, 6.45) is 3.18. The zero-order valence-electron chi connectivity index (χ0n) is 20.0. The van der Waals surface area contributed by atoms with Gasteiger partial charge in [0.25, 0.3) is 0 Å². The summed E-state index contributed by atoms with van der Waals surface area (Å²) in [4.78, 5) is 22.5. The number of hydrogen-bond acceptors (Lipinski definition) is 5. The van der Waals surface area contributed by atoms with Gasteiger partial charge in [-0.15, -0.1) is 0 Å². The zero-order chi connectivity index (χ0) is 24.2. The van der Waals surface area contributed by atoms with Gasteiger partial charge in [0, 0.05) is 62.8 Å². The Bertz CT molecular complexity index is 1160.